The van der Waals surface area contributed by atoms with Gasteiger partial charge in [0.05, 0.1) is 0 Å². The third kappa shape index (κ3) is 5.37. The van der Waals surface area contributed by atoms with Crippen molar-refractivity contribution in [3.63, 3.8) is 0 Å². The minimum absolute atomic E-state index is 0.154. The van der Waals surface area contributed by atoms with Crippen LogP contribution >= 0.6 is 0 Å². The van der Waals surface area contributed by atoms with Gasteiger partial charge in [-0.3, -0.25) is 9.78 Å². The lowest BCUT2D eigenvalue weighted by Crippen LogP contribution is -2.26. The lowest BCUT2D eigenvalue weighted by atomic mass is 9.97. The molecule has 26 heavy (non-hydrogen) atoms. The molecule has 136 valence electrons. The highest BCUT2D eigenvalue weighted by molar-refractivity contribution is 5.92. The Kier molecular flexibility index (Phi) is 6.30. The number of aryl methyl sites for hydroxylation is 1. The van der Waals surface area contributed by atoms with E-state index in [1.807, 2.05) is 12.1 Å². The minimum Gasteiger partial charge on any atom is -0.366 e. The fourth-order valence-corrected chi connectivity index (χ4v) is 3.03. The van der Waals surface area contributed by atoms with Crippen LogP contribution in [0.2, 0.25) is 0 Å². The zero-order valence-electron chi connectivity index (χ0n) is 15.2. The van der Waals surface area contributed by atoms with Crippen molar-refractivity contribution in [1.29, 1.82) is 0 Å². The second-order valence-electron chi connectivity index (χ2n) is 6.51. The number of amides is 1. The topological polar surface area (TPSA) is 79.8 Å². The second kappa shape index (κ2) is 9.08. The summed E-state index contributed by atoms with van der Waals surface area (Å²) in [5.74, 6) is 1.07. The maximum Gasteiger partial charge on any atom is 0.270 e. The number of hydrogen-bond donors (Lipinski definition) is 2. The molecule has 6 nitrogen and oxygen atoms in total. The van der Waals surface area contributed by atoms with Crippen LogP contribution in [0.25, 0.3) is 0 Å². The van der Waals surface area contributed by atoms with E-state index in [-0.39, 0.29) is 5.91 Å². The average Bonchev–Trinajstić information content (AvgIpc) is 2.67. The quantitative estimate of drug-likeness (QED) is 0.747. The Morgan fingerprint density at radius 3 is 2.81 bits per heavy atom. The van der Waals surface area contributed by atoms with Crippen molar-refractivity contribution >= 4 is 11.7 Å². The van der Waals surface area contributed by atoms with E-state index in [1.165, 1.54) is 24.8 Å². The molecule has 0 bridgehead atoms. The standard InChI is InChI=1S/C20H25N5O/c1-15-24-18(20(26)22-12-9-16-5-3-2-4-6-16)13-19(25-15)23-14-17-7-10-21-11-8-17/h5,7-8,10-11,13H,2-4,6,9,12,14H2,1H3,(H,22,26)(H,23,24,25). The summed E-state index contributed by atoms with van der Waals surface area (Å²) in [5, 5.41) is 6.21. The van der Waals surface area contributed by atoms with Crippen molar-refractivity contribution < 1.29 is 4.79 Å². The molecule has 0 atom stereocenters. The molecule has 2 N–H and O–H groups in total. The van der Waals surface area contributed by atoms with Crippen LogP contribution < -0.4 is 10.6 Å². The summed E-state index contributed by atoms with van der Waals surface area (Å²) in [7, 11) is 0. The van der Waals surface area contributed by atoms with Gasteiger partial charge in [0.15, 0.2) is 0 Å². The number of hydrogen-bond acceptors (Lipinski definition) is 5. The summed E-state index contributed by atoms with van der Waals surface area (Å²) in [6, 6.07) is 5.58. The fraction of sp³-hybridized carbons (Fsp3) is 0.400. The van der Waals surface area contributed by atoms with Gasteiger partial charge in [-0.05, 0) is 56.7 Å². The Labute approximate surface area is 154 Å². The molecule has 0 spiro atoms. The third-order valence-electron chi connectivity index (χ3n) is 4.41. The molecule has 2 heterocycles. The molecule has 2 aromatic heterocycles. The molecule has 2 aromatic rings. The summed E-state index contributed by atoms with van der Waals surface area (Å²) in [6.07, 6.45) is 11.6. The van der Waals surface area contributed by atoms with Gasteiger partial charge in [-0.25, -0.2) is 9.97 Å². The number of nitrogens with one attached hydrogen (secondary N) is 2. The van der Waals surface area contributed by atoms with Crippen LogP contribution in [0, 0.1) is 6.92 Å². The number of anilines is 1. The highest BCUT2D eigenvalue weighted by Crippen LogP contribution is 2.19. The number of allylic oxidation sites excluding steroid dienone is 1. The average molecular weight is 351 g/mol. The Balaban J connectivity index is 1.55. The van der Waals surface area contributed by atoms with Crippen molar-refractivity contribution in [3.8, 4) is 0 Å². The lowest BCUT2D eigenvalue weighted by molar-refractivity contribution is 0.0948. The SMILES string of the molecule is Cc1nc(NCc2ccncc2)cc(C(=O)NCCC2=CCCCC2)n1. The predicted molar refractivity (Wildman–Crippen MR) is 102 cm³/mol. The van der Waals surface area contributed by atoms with E-state index in [4.69, 9.17) is 0 Å². The van der Waals surface area contributed by atoms with E-state index in [2.05, 4.69) is 31.7 Å². The largest absolute Gasteiger partial charge is 0.366 e. The van der Waals surface area contributed by atoms with Crippen molar-refractivity contribution in [2.75, 3.05) is 11.9 Å². The van der Waals surface area contributed by atoms with Gasteiger partial charge in [0.2, 0.25) is 0 Å². The molecule has 0 fully saturated rings. The molecule has 1 aliphatic carbocycles. The maximum absolute atomic E-state index is 12.4. The highest BCUT2D eigenvalue weighted by atomic mass is 16.1. The summed E-state index contributed by atoms with van der Waals surface area (Å²) >= 11 is 0. The van der Waals surface area contributed by atoms with Crippen LogP contribution in [0.5, 0.6) is 0 Å². The van der Waals surface area contributed by atoms with Crippen LogP contribution in [0.1, 0.15) is 54.0 Å². The van der Waals surface area contributed by atoms with E-state index in [0.717, 1.165) is 18.4 Å². The summed E-state index contributed by atoms with van der Waals surface area (Å²) in [5.41, 5.74) is 2.95. The van der Waals surface area contributed by atoms with Gasteiger partial charge in [0, 0.05) is 31.5 Å². The number of rotatable bonds is 7. The Bertz CT molecular complexity index is 773. The molecule has 1 aliphatic rings. The normalized spacial score (nSPS) is 13.8. The number of carbonyl (C=O) groups excluding carboxylic acids is 1. The van der Waals surface area contributed by atoms with Crippen molar-refractivity contribution in [3.05, 3.63) is 59.3 Å². The van der Waals surface area contributed by atoms with Gasteiger partial charge in [0.1, 0.15) is 17.3 Å². The van der Waals surface area contributed by atoms with E-state index in [0.29, 0.717) is 30.4 Å². The second-order valence-corrected chi connectivity index (χ2v) is 6.51. The maximum atomic E-state index is 12.4. The van der Waals surface area contributed by atoms with E-state index >= 15 is 0 Å². The minimum atomic E-state index is -0.154. The molecular formula is C20H25N5O. The number of pyridine rings is 1. The van der Waals surface area contributed by atoms with Gasteiger partial charge in [-0.1, -0.05) is 11.6 Å². The first-order valence-electron chi connectivity index (χ1n) is 9.15. The molecule has 6 heteroatoms. The van der Waals surface area contributed by atoms with Gasteiger partial charge >= 0.3 is 0 Å². The van der Waals surface area contributed by atoms with E-state index < -0.39 is 0 Å². The molecule has 0 aromatic carbocycles. The van der Waals surface area contributed by atoms with E-state index in [1.54, 1.807) is 25.4 Å². The molecule has 3 rings (SSSR count). The molecular weight excluding hydrogens is 326 g/mol. The Morgan fingerprint density at radius 1 is 1.19 bits per heavy atom. The van der Waals surface area contributed by atoms with Crippen molar-refractivity contribution in [1.82, 2.24) is 20.3 Å². The van der Waals surface area contributed by atoms with E-state index in [9.17, 15) is 4.79 Å². The van der Waals surface area contributed by atoms with Crippen molar-refractivity contribution in [2.24, 2.45) is 0 Å². The summed E-state index contributed by atoms with van der Waals surface area (Å²) < 4.78 is 0. The van der Waals surface area contributed by atoms with Gasteiger partial charge in [-0.2, -0.15) is 0 Å². The summed E-state index contributed by atoms with van der Waals surface area (Å²) in [4.78, 5) is 25.0. The van der Waals surface area contributed by atoms with Crippen LogP contribution in [0.15, 0.2) is 42.2 Å². The smallest absolute Gasteiger partial charge is 0.270 e. The van der Waals surface area contributed by atoms with Gasteiger partial charge in [-0.15, -0.1) is 0 Å². The first-order chi connectivity index (χ1) is 12.7. The monoisotopic (exact) mass is 351 g/mol. The first kappa shape index (κ1) is 18.0. The van der Waals surface area contributed by atoms with Crippen LogP contribution in [0.4, 0.5) is 5.82 Å². The molecule has 0 unspecified atom stereocenters. The number of nitrogens with zero attached hydrogens (tertiary/aromatic N) is 3. The van der Waals surface area contributed by atoms with Gasteiger partial charge in [0.25, 0.3) is 5.91 Å². The first-order valence-corrected chi connectivity index (χ1v) is 9.15. The summed E-state index contributed by atoms with van der Waals surface area (Å²) in [6.45, 7) is 3.06. The Hall–Kier alpha value is -2.76. The van der Waals surface area contributed by atoms with Crippen LogP contribution in [0.3, 0.4) is 0 Å². The third-order valence-corrected chi connectivity index (χ3v) is 4.41. The molecule has 0 aliphatic heterocycles. The molecule has 0 saturated carbocycles. The predicted octanol–water partition coefficient (Wildman–Crippen LogP) is 3.41. The Morgan fingerprint density at radius 2 is 2.04 bits per heavy atom. The molecule has 0 radical (unpaired) electrons. The highest BCUT2D eigenvalue weighted by Gasteiger charge is 2.11. The van der Waals surface area contributed by atoms with Crippen molar-refractivity contribution in [2.45, 2.75) is 45.6 Å². The molecule has 0 saturated heterocycles. The fourth-order valence-electron chi connectivity index (χ4n) is 3.03. The number of carbonyl (C=O) groups is 1. The zero-order valence-corrected chi connectivity index (χ0v) is 15.2. The van der Waals surface area contributed by atoms with Crippen LogP contribution in [-0.2, 0) is 6.54 Å². The molecule has 1 amide bonds. The van der Waals surface area contributed by atoms with Gasteiger partial charge < -0.3 is 10.6 Å². The van der Waals surface area contributed by atoms with Crippen LogP contribution in [-0.4, -0.2) is 27.4 Å². The zero-order chi connectivity index (χ0) is 18.2. The number of aromatic nitrogens is 3. The lowest BCUT2D eigenvalue weighted by Gasteiger charge is -2.13.